The summed E-state index contributed by atoms with van der Waals surface area (Å²) in [5.41, 5.74) is -0.447. The number of aliphatic hydroxyl groups is 1. The zero-order valence-electron chi connectivity index (χ0n) is 9.72. The Morgan fingerprint density at radius 2 is 1.93 bits per heavy atom. The van der Waals surface area contributed by atoms with Gasteiger partial charge >= 0.3 is 0 Å². The largest absolute Gasteiger partial charge is 0.392 e. The zero-order chi connectivity index (χ0) is 11.4. The molecule has 0 radical (unpaired) electrons. The summed E-state index contributed by atoms with van der Waals surface area (Å²) < 4.78 is 0. The van der Waals surface area contributed by atoms with Crippen LogP contribution in [0.1, 0.15) is 27.7 Å². The number of amides is 1. The quantitative estimate of drug-likeness (QED) is 0.593. The Labute approximate surface area is 86.1 Å². The van der Waals surface area contributed by atoms with Crippen LogP contribution in [0.3, 0.4) is 0 Å². The second-order valence-corrected chi connectivity index (χ2v) is 4.37. The van der Waals surface area contributed by atoms with Crippen molar-refractivity contribution in [1.29, 1.82) is 0 Å². The van der Waals surface area contributed by atoms with E-state index in [1.807, 2.05) is 20.8 Å². The van der Waals surface area contributed by atoms with Crippen molar-refractivity contribution >= 4 is 5.91 Å². The molecule has 0 aromatic rings. The molecule has 0 bridgehead atoms. The second kappa shape index (κ2) is 5.32. The smallest absolute Gasteiger partial charge is 0.226 e. The molecule has 0 spiro atoms. The van der Waals surface area contributed by atoms with Gasteiger partial charge in [0.05, 0.1) is 11.5 Å². The van der Waals surface area contributed by atoms with Crippen LogP contribution in [0, 0.1) is 5.41 Å². The van der Waals surface area contributed by atoms with Crippen LogP contribution in [0.4, 0.5) is 0 Å². The first kappa shape index (κ1) is 13.4. The molecule has 0 aliphatic rings. The van der Waals surface area contributed by atoms with Gasteiger partial charge in [-0.15, -0.1) is 0 Å². The van der Waals surface area contributed by atoms with E-state index in [0.29, 0.717) is 6.54 Å². The summed E-state index contributed by atoms with van der Waals surface area (Å²) in [7, 11) is 1.63. The van der Waals surface area contributed by atoms with E-state index in [0.717, 1.165) is 0 Å². The Hall–Kier alpha value is -0.610. The van der Waals surface area contributed by atoms with Gasteiger partial charge in [-0.25, -0.2) is 0 Å². The highest BCUT2D eigenvalue weighted by atomic mass is 16.3. The molecule has 4 nitrogen and oxygen atoms in total. The first-order valence-electron chi connectivity index (χ1n) is 4.95. The monoisotopic (exact) mass is 202 g/mol. The summed E-state index contributed by atoms with van der Waals surface area (Å²) in [6, 6.07) is -0.000990. The van der Waals surface area contributed by atoms with Crippen molar-refractivity contribution in [3.63, 3.8) is 0 Å². The van der Waals surface area contributed by atoms with Gasteiger partial charge in [0.25, 0.3) is 0 Å². The topological polar surface area (TPSA) is 61.4 Å². The Bertz CT molecular complexity index is 191. The molecule has 0 aliphatic carbocycles. The van der Waals surface area contributed by atoms with Gasteiger partial charge < -0.3 is 15.7 Å². The van der Waals surface area contributed by atoms with Crippen LogP contribution in [0.2, 0.25) is 0 Å². The fraction of sp³-hybridized carbons (Fsp3) is 0.900. The first-order valence-corrected chi connectivity index (χ1v) is 4.95. The lowest BCUT2D eigenvalue weighted by Gasteiger charge is -2.26. The number of aliphatic hydroxyl groups excluding tert-OH is 1. The van der Waals surface area contributed by atoms with Gasteiger partial charge in [0.2, 0.25) is 5.91 Å². The highest BCUT2D eigenvalue weighted by Gasteiger charge is 2.27. The Morgan fingerprint density at radius 1 is 1.43 bits per heavy atom. The lowest BCUT2D eigenvalue weighted by atomic mass is 9.92. The second-order valence-electron chi connectivity index (χ2n) is 4.37. The molecule has 14 heavy (non-hydrogen) atoms. The van der Waals surface area contributed by atoms with Crippen LogP contribution in [-0.2, 0) is 4.79 Å². The molecule has 0 aromatic heterocycles. The molecule has 0 saturated heterocycles. The van der Waals surface area contributed by atoms with E-state index in [4.69, 9.17) is 0 Å². The molecule has 84 valence electrons. The number of nitrogens with one attached hydrogen (secondary N) is 2. The minimum absolute atomic E-state index is 0.000990. The number of hydrogen-bond acceptors (Lipinski definition) is 3. The molecular formula is C10H22N2O2. The van der Waals surface area contributed by atoms with Crippen molar-refractivity contribution in [3.05, 3.63) is 0 Å². The lowest BCUT2D eigenvalue weighted by Crippen LogP contribution is -2.46. The van der Waals surface area contributed by atoms with Crippen LogP contribution < -0.4 is 10.6 Å². The number of rotatable bonds is 5. The van der Waals surface area contributed by atoms with Crippen LogP contribution >= 0.6 is 0 Å². The minimum atomic E-state index is -0.447. The average Bonchev–Trinajstić information content (AvgIpc) is 2.12. The average molecular weight is 202 g/mol. The van der Waals surface area contributed by atoms with E-state index in [-0.39, 0.29) is 11.9 Å². The maximum absolute atomic E-state index is 11.4. The maximum atomic E-state index is 11.4. The molecular weight excluding hydrogens is 180 g/mol. The van der Waals surface area contributed by atoms with Crippen molar-refractivity contribution < 1.29 is 9.90 Å². The maximum Gasteiger partial charge on any atom is 0.226 e. The third kappa shape index (κ3) is 4.07. The van der Waals surface area contributed by atoms with E-state index < -0.39 is 11.5 Å². The van der Waals surface area contributed by atoms with Crippen molar-refractivity contribution in [1.82, 2.24) is 10.6 Å². The fourth-order valence-corrected chi connectivity index (χ4v) is 1.01. The van der Waals surface area contributed by atoms with E-state index in [9.17, 15) is 9.90 Å². The van der Waals surface area contributed by atoms with Crippen molar-refractivity contribution in [3.8, 4) is 0 Å². The van der Waals surface area contributed by atoms with E-state index >= 15 is 0 Å². The van der Waals surface area contributed by atoms with Crippen LogP contribution in [0.15, 0.2) is 0 Å². The molecule has 3 N–H and O–H groups in total. The van der Waals surface area contributed by atoms with E-state index in [1.165, 1.54) is 0 Å². The summed E-state index contributed by atoms with van der Waals surface area (Å²) in [6.45, 7) is 7.91. The summed E-state index contributed by atoms with van der Waals surface area (Å²) in [6.07, 6.45) is -0.407. The first-order chi connectivity index (χ1) is 6.31. The number of carbonyl (C=O) groups is 1. The van der Waals surface area contributed by atoms with Crippen LogP contribution in [0.25, 0.3) is 0 Å². The van der Waals surface area contributed by atoms with Gasteiger partial charge in [0.1, 0.15) is 0 Å². The van der Waals surface area contributed by atoms with Gasteiger partial charge in [0.15, 0.2) is 0 Å². The Balaban J connectivity index is 4.05. The predicted octanol–water partition coefficient (Wildman–Crippen LogP) is 0.118. The van der Waals surface area contributed by atoms with Crippen LogP contribution in [0.5, 0.6) is 0 Å². The van der Waals surface area contributed by atoms with Crippen molar-refractivity contribution in [2.45, 2.75) is 39.8 Å². The minimum Gasteiger partial charge on any atom is -0.392 e. The van der Waals surface area contributed by atoms with Gasteiger partial charge in [-0.1, -0.05) is 0 Å². The SMILES string of the molecule is CNC(=O)C(C)(C)CNC(C)C(C)O. The van der Waals surface area contributed by atoms with Gasteiger partial charge in [-0.3, -0.25) is 4.79 Å². The predicted molar refractivity (Wildman–Crippen MR) is 57.0 cm³/mol. The zero-order valence-corrected chi connectivity index (χ0v) is 9.72. The molecule has 2 atom stereocenters. The molecule has 0 rings (SSSR count). The molecule has 0 aliphatic heterocycles. The van der Waals surface area contributed by atoms with E-state index in [1.54, 1.807) is 14.0 Å². The fourth-order valence-electron chi connectivity index (χ4n) is 1.01. The molecule has 1 amide bonds. The van der Waals surface area contributed by atoms with Crippen molar-refractivity contribution in [2.24, 2.45) is 5.41 Å². The lowest BCUT2D eigenvalue weighted by molar-refractivity contribution is -0.128. The van der Waals surface area contributed by atoms with Gasteiger partial charge in [-0.05, 0) is 27.7 Å². The highest BCUT2D eigenvalue weighted by molar-refractivity contribution is 5.81. The summed E-state index contributed by atoms with van der Waals surface area (Å²) >= 11 is 0. The molecule has 0 fully saturated rings. The summed E-state index contributed by atoms with van der Waals surface area (Å²) in [5.74, 6) is 0.00259. The number of hydrogen-bond donors (Lipinski definition) is 3. The third-order valence-corrected chi connectivity index (χ3v) is 2.43. The van der Waals surface area contributed by atoms with Crippen molar-refractivity contribution in [2.75, 3.05) is 13.6 Å². The van der Waals surface area contributed by atoms with Crippen LogP contribution in [-0.4, -0.2) is 36.8 Å². The highest BCUT2D eigenvalue weighted by Crippen LogP contribution is 2.13. The van der Waals surface area contributed by atoms with Gasteiger partial charge in [-0.2, -0.15) is 0 Å². The standard InChI is InChI=1S/C10H22N2O2/c1-7(8(2)13)12-6-10(3,4)9(14)11-5/h7-8,12-13H,6H2,1-5H3,(H,11,14). The summed E-state index contributed by atoms with van der Waals surface area (Å²) in [4.78, 5) is 11.4. The molecule has 0 heterocycles. The molecule has 0 saturated carbocycles. The molecule has 0 aromatic carbocycles. The molecule has 2 unspecified atom stereocenters. The Morgan fingerprint density at radius 3 is 2.29 bits per heavy atom. The normalized spacial score (nSPS) is 16.1. The number of carbonyl (C=O) groups excluding carboxylic acids is 1. The Kier molecular flexibility index (Phi) is 5.08. The van der Waals surface area contributed by atoms with E-state index in [2.05, 4.69) is 10.6 Å². The third-order valence-electron chi connectivity index (χ3n) is 2.43. The summed E-state index contributed by atoms with van der Waals surface area (Å²) in [5, 5.41) is 15.0. The molecule has 4 heteroatoms. The van der Waals surface area contributed by atoms with Gasteiger partial charge in [0, 0.05) is 19.6 Å².